The summed E-state index contributed by atoms with van der Waals surface area (Å²) in [7, 11) is 0. The Balaban J connectivity index is 1.46. The third-order valence-electron chi connectivity index (χ3n) is 5.93. The molecule has 0 fully saturated rings. The Labute approximate surface area is 202 Å². The second-order valence-corrected chi connectivity index (χ2v) is 8.54. The van der Waals surface area contributed by atoms with Crippen LogP contribution in [0, 0.1) is 11.6 Å². The van der Waals surface area contributed by atoms with E-state index in [0.29, 0.717) is 11.4 Å². The Morgan fingerprint density at radius 1 is 1.06 bits per heavy atom. The van der Waals surface area contributed by atoms with E-state index in [1.165, 1.54) is 11.6 Å². The van der Waals surface area contributed by atoms with Gasteiger partial charge in [0.25, 0.3) is 0 Å². The molecule has 182 valence electrons. The number of benzene rings is 2. The quantitative estimate of drug-likeness (QED) is 0.461. The van der Waals surface area contributed by atoms with Crippen LogP contribution in [0.2, 0.25) is 0 Å². The Morgan fingerprint density at radius 3 is 2.63 bits per heavy atom. The minimum Gasteiger partial charge on any atom is -0.384 e. The second-order valence-electron chi connectivity index (χ2n) is 8.54. The smallest absolute Gasteiger partial charge is 0.243 e. The first-order chi connectivity index (χ1) is 16.9. The Hall–Kier alpha value is -4.01. The van der Waals surface area contributed by atoms with E-state index >= 15 is 0 Å². The van der Waals surface area contributed by atoms with Crippen molar-refractivity contribution < 1.29 is 18.4 Å². The van der Waals surface area contributed by atoms with Crippen LogP contribution in [0.3, 0.4) is 0 Å². The highest BCUT2D eigenvalue weighted by atomic mass is 19.2. The molecule has 0 saturated carbocycles. The summed E-state index contributed by atoms with van der Waals surface area (Å²) in [6.07, 6.45) is 3.44. The summed E-state index contributed by atoms with van der Waals surface area (Å²) in [5.41, 5.74) is 8.90. The van der Waals surface area contributed by atoms with Gasteiger partial charge in [-0.1, -0.05) is 30.3 Å². The Bertz CT molecular complexity index is 1200. The van der Waals surface area contributed by atoms with E-state index in [-0.39, 0.29) is 25.4 Å². The van der Waals surface area contributed by atoms with Gasteiger partial charge in [-0.25, -0.2) is 13.8 Å². The molecule has 1 aromatic heterocycles. The van der Waals surface area contributed by atoms with E-state index < -0.39 is 23.6 Å². The molecule has 35 heavy (non-hydrogen) atoms. The number of fused-ring (bicyclic) bond motifs is 1. The molecular formula is C26H27F2N5O2. The van der Waals surface area contributed by atoms with Gasteiger partial charge in [-0.05, 0) is 53.8 Å². The molecule has 1 atom stereocenters. The largest absolute Gasteiger partial charge is 0.384 e. The lowest BCUT2D eigenvalue weighted by Gasteiger charge is -2.31. The topological polar surface area (TPSA) is 100 Å². The van der Waals surface area contributed by atoms with Crippen molar-refractivity contribution in [2.45, 2.75) is 31.8 Å². The molecule has 4 N–H and O–H groups in total. The van der Waals surface area contributed by atoms with Gasteiger partial charge >= 0.3 is 0 Å². The fraction of sp³-hybridized carbons (Fsp3) is 0.269. The maximum Gasteiger partial charge on any atom is 0.243 e. The number of amides is 2. The molecule has 0 radical (unpaired) electrons. The molecule has 1 unspecified atom stereocenters. The van der Waals surface area contributed by atoms with Crippen molar-refractivity contribution in [2.75, 3.05) is 23.7 Å². The predicted octanol–water partition coefficient (Wildman–Crippen LogP) is 2.74. The first-order valence-corrected chi connectivity index (χ1v) is 11.4. The molecular weight excluding hydrogens is 452 g/mol. The van der Waals surface area contributed by atoms with Crippen LogP contribution in [-0.2, 0) is 29.0 Å². The number of rotatable bonds is 8. The van der Waals surface area contributed by atoms with Crippen LogP contribution in [0.15, 0.2) is 60.8 Å². The molecule has 1 aliphatic rings. The van der Waals surface area contributed by atoms with Gasteiger partial charge in [-0.15, -0.1) is 0 Å². The predicted molar refractivity (Wildman–Crippen MR) is 129 cm³/mol. The van der Waals surface area contributed by atoms with Crippen LogP contribution >= 0.6 is 0 Å². The number of nitrogen functional groups attached to an aromatic ring is 1. The standard InChI is InChI=1S/C26H27F2N5O2/c27-20-9-7-17(12-21(20)28)13-22(26(35)31-15-18-8-10-24(29)30-14-18)32-25(34)16-33-11-3-5-19-4-1-2-6-23(19)33/h1-2,4,6-10,12,14,22H,3,5,11,13,15-16H2,(H2,29,30)(H,31,35)(H,32,34). The number of hydrogen-bond acceptors (Lipinski definition) is 5. The number of anilines is 2. The maximum absolute atomic E-state index is 13.8. The van der Waals surface area contributed by atoms with E-state index in [1.807, 2.05) is 29.2 Å². The Kier molecular flexibility index (Phi) is 7.54. The lowest BCUT2D eigenvalue weighted by Crippen LogP contribution is -2.51. The van der Waals surface area contributed by atoms with E-state index in [9.17, 15) is 18.4 Å². The number of pyridine rings is 1. The summed E-state index contributed by atoms with van der Waals surface area (Å²) in [5, 5.41) is 5.55. The van der Waals surface area contributed by atoms with Crippen molar-refractivity contribution in [2.24, 2.45) is 0 Å². The molecule has 7 nitrogen and oxygen atoms in total. The third kappa shape index (κ3) is 6.32. The average molecular weight is 480 g/mol. The van der Waals surface area contributed by atoms with E-state index in [1.54, 1.807) is 18.3 Å². The number of nitrogens with zero attached hydrogens (tertiary/aromatic N) is 2. The van der Waals surface area contributed by atoms with Crippen molar-refractivity contribution >= 4 is 23.3 Å². The van der Waals surface area contributed by atoms with Gasteiger partial charge in [0.15, 0.2) is 11.6 Å². The molecule has 2 heterocycles. The molecule has 3 aromatic rings. The molecule has 2 amide bonds. The minimum atomic E-state index is -1.01. The number of carbonyl (C=O) groups excluding carboxylic acids is 2. The number of aryl methyl sites for hydroxylation is 1. The molecule has 2 aromatic carbocycles. The SMILES string of the molecule is Nc1ccc(CNC(=O)C(Cc2ccc(F)c(F)c2)NC(=O)CN2CCCc3ccccc32)cn1. The summed E-state index contributed by atoms with van der Waals surface area (Å²) in [6, 6.07) is 13.8. The summed E-state index contributed by atoms with van der Waals surface area (Å²) in [4.78, 5) is 32.0. The molecule has 0 saturated heterocycles. The van der Waals surface area contributed by atoms with Gasteiger partial charge in [-0.2, -0.15) is 0 Å². The van der Waals surface area contributed by atoms with Crippen molar-refractivity contribution in [1.29, 1.82) is 0 Å². The van der Waals surface area contributed by atoms with Crippen LogP contribution in [-0.4, -0.2) is 35.9 Å². The number of para-hydroxylation sites is 1. The number of hydrogen-bond donors (Lipinski definition) is 3. The first-order valence-electron chi connectivity index (χ1n) is 11.4. The maximum atomic E-state index is 13.8. The number of aromatic nitrogens is 1. The van der Waals surface area contributed by atoms with Crippen LogP contribution in [0.25, 0.3) is 0 Å². The highest BCUT2D eigenvalue weighted by Gasteiger charge is 2.24. The van der Waals surface area contributed by atoms with Gasteiger partial charge in [0.1, 0.15) is 11.9 Å². The number of carbonyl (C=O) groups is 2. The fourth-order valence-corrected chi connectivity index (χ4v) is 4.15. The average Bonchev–Trinajstić information content (AvgIpc) is 2.85. The summed E-state index contributed by atoms with van der Waals surface area (Å²) >= 11 is 0. The zero-order valence-electron chi connectivity index (χ0n) is 19.1. The molecule has 4 rings (SSSR count). The van der Waals surface area contributed by atoms with Gasteiger partial charge < -0.3 is 21.3 Å². The number of nitrogens with one attached hydrogen (secondary N) is 2. The van der Waals surface area contributed by atoms with E-state index in [0.717, 1.165) is 42.8 Å². The van der Waals surface area contributed by atoms with Gasteiger partial charge in [-0.3, -0.25) is 9.59 Å². The zero-order valence-corrected chi connectivity index (χ0v) is 19.1. The highest BCUT2D eigenvalue weighted by molar-refractivity contribution is 5.89. The summed E-state index contributed by atoms with van der Waals surface area (Å²) in [6.45, 7) is 0.991. The normalized spacial score (nSPS) is 13.6. The van der Waals surface area contributed by atoms with Crippen LogP contribution in [0.5, 0.6) is 0 Å². The monoisotopic (exact) mass is 479 g/mol. The van der Waals surface area contributed by atoms with Crippen molar-refractivity contribution in [3.63, 3.8) is 0 Å². The van der Waals surface area contributed by atoms with Crippen LogP contribution in [0.4, 0.5) is 20.3 Å². The van der Waals surface area contributed by atoms with Crippen molar-refractivity contribution in [1.82, 2.24) is 15.6 Å². The lowest BCUT2D eigenvalue weighted by molar-refractivity contribution is -0.128. The molecule has 1 aliphatic heterocycles. The summed E-state index contributed by atoms with van der Waals surface area (Å²) < 4.78 is 27.1. The van der Waals surface area contributed by atoms with E-state index in [2.05, 4.69) is 15.6 Å². The number of halogens is 2. The molecule has 9 heteroatoms. The van der Waals surface area contributed by atoms with E-state index in [4.69, 9.17) is 5.73 Å². The van der Waals surface area contributed by atoms with Gasteiger partial charge in [0.05, 0.1) is 6.54 Å². The van der Waals surface area contributed by atoms with Gasteiger partial charge in [0, 0.05) is 31.4 Å². The molecule has 0 aliphatic carbocycles. The molecule has 0 spiro atoms. The lowest BCUT2D eigenvalue weighted by atomic mass is 10.0. The minimum absolute atomic E-state index is 0.00531. The van der Waals surface area contributed by atoms with Crippen LogP contribution < -0.4 is 21.3 Å². The first kappa shape index (κ1) is 24.1. The second kappa shape index (κ2) is 10.9. The molecule has 0 bridgehead atoms. The zero-order chi connectivity index (χ0) is 24.8. The highest BCUT2D eigenvalue weighted by Crippen LogP contribution is 2.26. The van der Waals surface area contributed by atoms with Gasteiger partial charge in [0.2, 0.25) is 11.8 Å². The van der Waals surface area contributed by atoms with Crippen molar-refractivity contribution in [3.05, 3.63) is 89.1 Å². The summed E-state index contributed by atoms with van der Waals surface area (Å²) in [5.74, 6) is -2.40. The number of nitrogens with two attached hydrogens (primary N) is 1. The fourth-order valence-electron chi connectivity index (χ4n) is 4.15. The van der Waals surface area contributed by atoms with Crippen LogP contribution in [0.1, 0.15) is 23.1 Å². The Morgan fingerprint density at radius 2 is 1.86 bits per heavy atom. The van der Waals surface area contributed by atoms with Crippen molar-refractivity contribution in [3.8, 4) is 0 Å². The third-order valence-corrected chi connectivity index (χ3v) is 5.93.